The summed E-state index contributed by atoms with van der Waals surface area (Å²) in [5.74, 6) is 0. The van der Waals surface area contributed by atoms with Crippen molar-refractivity contribution in [2.45, 2.75) is 13.0 Å². The first-order chi connectivity index (χ1) is 4.76. The summed E-state index contributed by atoms with van der Waals surface area (Å²) in [7, 11) is 1.64. The van der Waals surface area contributed by atoms with Gasteiger partial charge in [0.15, 0.2) is 0 Å². The van der Waals surface area contributed by atoms with Gasteiger partial charge in [0.1, 0.15) is 0 Å². The molecule has 0 aliphatic rings. The zero-order chi connectivity index (χ0) is 7.98. The standard InChI is InChI=1S/C8H15NO/c1-4-7(5-2)8(9)6-10-3/h4-5,8H,1,6,9H2,2-3H3/b7-5+/t8-/m1/s1. The van der Waals surface area contributed by atoms with Crippen molar-refractivity contribution < 1.29 is 4.74 Å². The van der Waals surface area contributed by atoms with Crippen LogP contribution in [0.15, 0.2) is 24.3 Å². The van der Waals surface area contributed by atoms with Gasteiger partial charge in [-0.2, -0.15) is 0 Å². The van der Waals surface area contributed by atoms with Crippen LogP contribution in [0, 0.1) is 0 Å². The minimum absolute atomic E-state index is 0.0347. The zero-order valence-electron chi connectivity index (χ0n) is 6.63. The maximum Gasteiger partial charge on any atom is 0.0655 e. The van der Waals surface area contributed by atoms with Gasteiger partial charge in [-0.3, -0.25) is 0 Å². The molecule has 0 amide bonds. The molecule has 0 rings (SSSR count). The Morgan fingerprint density at radius 1 is 1.80 bits per heavy atom. The molecule has 0 saturated carbocycles. The van der Waals surface area contributed by atoms with Crippen LogP contribution in [0.2, 0.25) is 0 Å². The van der Waals surface area contributed by atoms with E-state index in [1.165, 1.54) is 0 Å². The van der Waals surface area contributed by atoms with Crippen LogP contribution in [0.25, 0.3) is 0 Å². The van der Waals surface area contributed by atoms with E-state index >= 15 is 0 Å². The molecule has 2 nitrogen and oxygen atoms in total. The molecule has 1 atom stereocenters. The quantitative estimate of drug-likeness (QED) is 0.595. The summed E-state index contributed by atoms with van der Waals surface area (Å²) < 4.78 is 4.87. The topological polar surface area (TPSA) is 35.2 Å². The Morgan fingerprint density at radius 3 is 2.70 bits per heavy atom. The largest absolute Gasteiger partial charge is 0.383 e. The second-order valence-electron chi connectivity index (χ2n) is 2.05. The highest BCUT2D eigenvalue weighted by Gasteiger charge is 2.02. The number of hydrogen-bond donors (Lipinski definition) is 1. The molecule has 0 unspecified atom stereocenters. The average Bonchev–Trinajstić information content (AvgIpc) is 1.91. The lowest BCUT2D eigenvalue weighted by Crippen LogP contribution is -2.26. The second kappa shape index (κ2) is 5.21. The predicted octanol–water partition coefficient (Wildman–Crippen LogP) is 1.09. The average molecular weight is 141 g/mol. The first kappa shape index (κ1) is 9.40. The van der Waals surface area contributed by atoms with Gasteiger partial charge in [-0.05, 0) is 12.5 Å². The van der Waals surface area contributed by atoms with E-state index in [9.17, 15) is 0 Å². The third-order valence-electron chi connectivity index (χ3n) is 1.34. The first-order valence-corrected chi connectivity index (χ1v) is 3.29. The Bertz CT molecular complexity index is 129. The Labute approximate surface area is 62.4 Å². The van der Waals surface area contributed by atoms with E-state index in [4.69, 9.17) is 10.5 Å². The smallest absolute Gasteiger partial charge is 0.0655 e. The van der Waals surface area contributed by atoms with Crippen molar-refractivity contribution in [3.63, 3.8) is 0 Å². The summed E-state index contributed by atoms with van der Waals surface area (Å²) >= 11 is 0. The highest BCUT2D eigenvalue weighted by Crippen LogP contribution is 2.00. The molecule has 0 radical (unpaired) electrons. The summed E-state index contributed by atoms with van der Waals surface area (Å²) in [4.78, 5) is 0. The van der Waals surface area contributed by atoms with Crippen LogP contribution >= 0.6 is 0 Å². The van der Waals surface area contributed by atoms with E-state index in [-0.39, 0.29) is 6.04 Å². The molecule has 0 fully saturated rings. The lowest BCUT2D eigenvalue weighted by molar-refractivity contribution is 0.190. The van der Waals surface area contributed by atoms with Crippen LogP contribution in [0.5, 0.6) is 0 Å². The van der Waals surface area contributed by atoms with Gasteiger partial charge >= 0.3 is 0 Å². The van der Waals surface area contributed by atoms with Crippen LogP contribution in [0.3, 0.4) is 0 Å². The van der Waals surface area contributed by atoms with Crippen molar-refractivity contribution in [2.75, 3.05) is 13.7 Å². The summed E-state index contributed by atoms with van der Waals surface area (Å²) in [6, 6.07) is -0.0347. The molecule has 2 heteroatoms. The molecule has 0 heterocycles. The number of hydrogen-bond acceptors (Lipinski definition) is 2. The van der Waals surface area contributed by atoms with Gasteiger partial charge in [0, 0.05) is 7.11 Å². The third kappa shape index (κ3) is 2.80. The summed E-state index contributed by atoms with van der Waals surface area (Å²) in [6.07, 6.45) is 3.69. The maximum absolute atomic E-state index is 5.68. The van der Waals surface area contributed by atoms with Gasteiger partial charge in [0.2, 0.25) is 0 Å². The molecule has 0 aliphatic carbocycles. The Morgan fingerprint density at radius 2 is 2.40 bits per heavy atom. The van der Waals surface area contributed by atoms with Crippen molar-refractivity contribution in [3.05, 3.63) is 24.3 Å². The van der Waals surface area contributed by atoms with Gasteiger partial charge < -0.3 is 10.5 Å². The molecule has 10 heavy (non-hydrogen) atoms. The van der Waals surface area contributed by atoms with Crippen LogP contribution in [0.4, 0.5) is 0 Å². The lowest BCUT2D eigenvalue weighted by Gasteiger charge is -2.10. The van der Waals surface area contributed by atoms with E-state index in [0.717, 1.165) is 5.57 Å². The molecular formula is C8H15NO. The fourth-order valence-electron chi connectivity index (χ4n) is 0.759. The minimum Gasteiger partial charge on any atom is -0.383 e. The number of allylic oxidation sites excluding steroid dienone is 1. The monoisotopic (exact) mass is 141 g/mol. The fourth-order valence-corrected chi connectivity index (χ4v) is 0.759. The van der Waals surface area contributed by atoms with Gasteiger partial charge in [-0.1, -0.05) is 18.7 Å². The van der Waals surface area contributed by atoms with E-state index in [2.05, 4.69) is 6.58 Å². The summed E-state index contributed by atoms with van der Waals surface area (Å²) in [6.45, 7) is 6.12. The first-order valence-electron chi connectivity index (χ1n) is 3.29. The van der Waals surface area contributed by atoms with Crippen LogP contribution < -0.4 is 5.73 Å². The third-order valence-corrected chi connectivity index (χ3v) is 1.34. The minimum atomic E-state index is -0.0347. The van der Waals surface area contributed by atoms with Crippen LogP contribution in [-0.4, -0.2) is 19.8 Å². The van der Waals surface area contributed by atoms with Gasteiger partial charge in [-0.25, -0.2) is 0 Å². The Kier molecular flexibility index (Phi) is 4.89. The predicted molar refractivity (Wildman–Crippen MR) is 43.8 cm³/mol. The van der Waals surface area contributed by atoms with Crippen molar-refractivity contribution in [1.29, 1.82) is 0 Å². The normalized spacial score (nSPS) is 14.9. The highest BCUT2D eigenvalue weighted by atomic mass is 16.5. The van der Waals surface area contributed by atoms with E-state index < -0.39 is 0 Å². The van der Waals surface area contributed by atoms with Crippen molar-refractivity contribution in [2.24, 2.45) is 5.73 Å². The molecule has 58 valence electrons. The SMILES string of the molecule is C=C/C(=C\C)[C@H](N)COC. The molecule has 0 aromatic rings. The zero-order valence-corrected chi connectivity index (χ0v) is 6.63. The summed E-state index contributed by atoms with van der Waals surface area (Å²) in [5, 5.41) is 0. The Hall–Kier alpha value is -0.600. The van der Waals surface area contributed by atoms with Gasteiger partial charge in [0.05, 0.1) is 12.6 Å². The number of methoxy groups -OCH3 is 1. The molecule has 0 bridgehead atoms. The van der Waals surface area contributed by atoms with Crippen molar-refractivity contribution in [1.82, 2.24) is 0 Å². The number of rotatable bonds is 4. The highest BCUT2D eigenvalue weighted by molar-refractivity contribution is 5.21. The number of ether oxygens (including phenoxy) is 1. The molecule has 0 aromatic carbocycles. The number of nitrogens with two attached hydrogens (primary N) is 1. The van der Waals surface area contributed by atoms with Crippen molar-refractivity contribution in [3.8, 4) is 0 Å². The van der Waals surface area contributed by atoms with Crippen LogP contribution in [0.1, 0.15) is 6.92 Å². The maximum atomic E-state index is 5.68. The van der Waals surface area contributed by atoms with Crippen molar-refractivity contribution >= 4 is 0 Å². The van der Waals surface area contributed by atoms with E-state index in [1.54, 1.807) is 13.2 Å². The molecule has 2 N–H and O–H groups in total. The van der Waals surface area contributed by atoms with E-state index in [0.29, 0.717) is 6.61 Å². The van der Waals surface area contributed by atoms with Gasteiger partial charge in [-0.15, -0.1) is 0 Å². The lowest BCUT2D eigenvalue weighted by atomic mass is 10.1. The Balaban J connectivity index is 3.89. The molecule has 0 aliphatic heterocycles. The molecule has 0 saturated heterocycles. The van der Waals surface area contributed by atoms with Crippen LogP contribution in [-0.2, 0) is 4.74 Å². The van der Waals surface area contributed by atoms with Gasteiger partial charge in [0.25, 0.3) is 0 Å². The fraction of sp³-hybridized carbons (Fsp3) is 0.500. The molecular weight excluding hydrogens is 126 g/mol. The molecule has 0 aromatic heterocycles. The second-order valence-corrected chi connectivity index (χ2v) is 2.05. The molecule has 0 spiro atoms. The van der Waals surface area contributed by atoms with E-state index in [1.807, 2.05) is 13.0 Å². The summed E-state index contributed by atoms with van der Waals surface area (Å²) in [5.41, 5.74) is 6.71.